The summed E-state index contributed by atoms with van der Waals surface area (Å²) in [7, 11) is 0. The summed E-state index contributed by atoms with van der Waals surface area (Å²) in [6.07, 6.45) is 3.18. The highest BCUT2D eigenvalue weighted by molar-refractivity contribution is 6.06. The molecule has 1 N–H and O–H groups in total. The third kappa shape index (κ3) is 2.72. The number of pyridine rings is 2. The van der Waals surface area contributed by atoms with Gasteiger partial charge in [-0.15, -0.1) is 0 Å². The van der Waals surface area contributed by atoms with Crippen molar-refractivity contribution in [2.75, 3.05) is 5.32 Å². The van der Waals surface area contributed by atoms with E-state index in [2.05, 4.69) is 15.3 Å². The van der Waals surface area contributed by atoms with E-state index in [-0.39, 0.29) is 11.7 Å². The molecule has 0 aliphatic carbocycles. The molecule has 0 bridgehead atoms. The number of nitrogens with one attached hydrogen (secondary N) is 1. The van der Waals surface area contributed by atoms with Gasteiger partial charge in [-0.25, -0.2) is 4.39 Å². The molecule has 0 saturated heterocycles. The zero-order valence-corrected chi connectivity index (χ0v) is 11.3. The maximum Gasteiger partial charge on any atom is 0.257 e. The quantitative estimate of drug-likeness (QED) is 0.784. The van der Waals surface area contributed by atoms with E-state index in [9.17, 15) is 9.18 Å². The molecule has 104 valence electrons. The van der Waals surface area contributed by atoms with Crippen LogP contribution in [-0.2, 0) is 0 Å². The van der Waals surface area contributed by atoms with Crippen LogP contribution in [0.2, 0.25) is 0 Å². The van der Waals surface area contributed by atoms with Crippen LogP contribution < -0.4 is 5.32 Å². The summed E-state index contributed by atoms with van der Waals surface area (Å²) in [6.45, 7) is 1.75. The molecule has 4 nitrogen and oxygen atoms in total. The highest BCUT2D eigenvalue weighted by atomic mass is 19.1. The van der Waals surface area contributed by atoms with Crippen LogP contribution in [0, 0.1) is 12.7 Å². The maximum atomic E-state index is 13.3. The van der Waals surface area contributed by atoms with E-state index < -0.39 is 0 Å². The van der Waals surface area contributed by atoms with Gasteiger partial charge in [0.05, 0.1) is 28.7 Å². The van der Waals surface area contributed by atoms with Gasteiger partial charge in [-0.2, -0.15) is 0 Å². The van der Waals surface area contributed by atoms with E-state index in [0.717, 1.165) is 0 Å². The highest BCUT2D eigenvalue weighted by Crippen LogP contribution is 2.19. The zero-order chi connectivity index (χ0) is 14.8. The Morgan fingerprint density at radius 3 is 2.86 bits per heavy atom. The minimum Gasteiger partial charge on any atom is -0.321 e. The van der Waals surface area contributed by atoms with Crippen molar-refractivity contribution in [2.24, 2.45) is 0 Å². The van der Waals surface area contributed by atoms with E-state index in [0.29, 0.717) is 27.8 Å². The molecule has 0 saturated carbocycles. The van der Waals surface area contributed by atoms with Crippen molar-refractivity contribution < 1.29 is 9.18 Å². The molecule has 0 radical (unpaired) electrons. The largest absolute Gasteiger partial charge is 0.321 e. The number of hydrogen-bond acceptors (Lipinski definition) is 3. The number of anilines is 1. The second kappa shape index (κ2) is 5.28. The minimum absolute atomic E-state index is 0.292. The van der Waals surface area contributed by atoms with Gasteiger partial charge in [0.15, 0.2) is 0 Å². The van der Waals surface area contributed by atoms with Crippen molar-refractivity contribution in [3.05, 3.63) is 65.9 Å². The van der Waals surface area contributed by atoms with Gasteiger partial charge in [-0.1, -0.05) is 0 Å². The molecule has 3 aromatic rings. The SMILES string of the molecule is Cc1nc2ccc(F)cc2cc1C(=O)Nc1cccnc1. The smallest absolute Gasteiger partial charge is 0.257 e. The molecule has 0 atom stereocenters. The molecule has 1 aromatic carbocycles. The fraction of sp³-hybridized carbons (Fsp3) is 0.0625. The lowest BCUT2D eigenvalue weighted by Gasteiger charge is -2.08. The van der Waals surface area contributed by atoms with Crippen molar-refractivity contribution in [3.63, 3.8) is 0 Å². The molecule has 0 aliphatic rings. The van der Waals surface area contributed by atoms with Gasteiger partial charge < -0.3 is 5.32 Å². The molecule has 21 heavy (non-hydrogen) atoms. The van der Waals surface area contributed by atoms with Gasteiger partial charge >= 0.3 is 0 Å². The number of halogens is 1. The monoisotopic (exact) mass is 281 g/mol. The number of rotatable bonds is 2. The van der Waals surface area contributed by atoms with Crippen molar-refractivity contribution in [1.29, 1.82) is 0 Å². The summed E-state index contributed by atoms with van der Waals surface area (Å²) < 4.78 is 13.3. The summed E-state index contributed by atoms with van der Waals surface area (Å²) in [4.78, 5) is 20.6. The highest BCUT2D eigenvalue weighted by Gasteiger charge is 2.12. The lowest BCUT2D eigenvalue weighted by Crippen LogP contribution is -2.14. The Balaban J connectivity index is 1.99. The first-order chi connectivity index (χ1) is 10.1. The number of aromatic nitrogens is 2. The second-order valence-corrected chi connectivity index (χ2v) is 4.65. The Bertz CT molecular complexity index is 818. The Labute approximate surface area is 120 Å². The van der Waals surface area contributed by atoms with Crippen LogP contribution in [-0.4, -0.2) is 15.9 Å². The number of carbonyl (C=O) groups excluding carboxylic acids is 1. The average Bonchev–Trinajstić information content (AvgIpc) is 2.48. The van der Waals surface area contributed by atoms with E-state index in [1.807, 2.05) is 0 Å². The molecule has 0 fully saturated rings. The van der Waals surface area contributed by atoms with Gasteiger partial charge in [0.25, 0.3) is 5.91 Å². The van der Waals surface area contributed by atoms with Gasteiger partial charge in [0.2, 0.25) is 0 Å². The lowest BCUT2D eigenvalue weighted by molar-refractivity contribution is 0.102. The zero-order valence-electron chi connectivity index (χ0n) is 11.3. The predicted molar refractivity (Wildman–Crippen MR) is 78.6 cm³/mol. The number of aryl methyl sites for hydroxylation is 1. The Morgan fingerprint density at radius 2 is 2.10 bits per heavy atom. The number of nitrogens with zero attached hydrogens (tertiary/aromatic N) is 2. The normalized spacial score (nSPS) is 10.6. The summed E-state index contributed by atoms with van der Waals surface area (Å²) in [6, 6.07) is 9.44. The maximum absolute atomic E-state index is 13.3. The summed E-state index contributed by atoms with van der Waals surface area (Å²) >= 11 is 0. The van der Waals surface area contributed by atoms with Crippen LogP contribution in [0.4, 0.5) is 10.1 Å². The molecule has 0 spiro atoms. The van der Waals surface area contributed by atoms with Gasteiger partial charge in [-0.05, 0) is 43.3 Å². The number of fused-ring (bicyclic) bond motifs is 1. The van der Waals surface area contributed by atoms with E-state index in [1.165, 1.54) is 12.1 Å². The standard InChI is InChI=1S/C16H12FN3O/c1-10-14(16(21)20-13-3-2-6-18-9-13)8-11-7-12(17)4-5-15(11)19-10/h2-9H,1H3,(H,20,21). The van der Waals surface area contributed by atoms with Crippen molar-refractivity contribution in [2.45, 2.75) is 6.92 Å². The molecule has 0 unspecified atom stereocenters. The molecule has 2 aromatic heterocycles. The fourth-order valence-electron chi connectivity index (χ4n) is 2.11. The Kier molecular flexibility index (Phi) is 3.31. The first-order valence-electron chi connectivity index (χ1n) is 6.42. The fourth-order valence-corrected chi connectivity index (χ4v) is 2.11. The van der Waals surface area contributed by atoms with Crippen LogP contribution in [0.1, 0.15) is 16.1 Å². The molecular formula is C16H12FN3O. The number of hydrogen-bond donors (Lipinski definition) is 1. The first kappa shape index (κ1) is 13.2. The van der Waals surface area contributed by atoms with Crippen molar-refractivity contribution in [1.82, 2.24) is 9.97 Å². The van der Waals surface area contributed by atoms with Crippen LogP contribution >= 0.6 is 0 Å². The molecule has 1 amide bonds. The summed E-state index contributed by atoms with van der Waals surface area (Å²) in [5, 5.41) is 3.34. The number of carbonyl (C=O) groups is 1. The van der Waals surface area contributed by atoms with Gasteiger partial charge in [0, 0.05) is 11.6 Å². The molecule has 5 heteroatoms. The third-order valence-corrected chi connectivity index (χ3v) is 3.13. The van der Waals surface area contributed by atoms with E-state index in [4.69, 9.17) is 0 Å². The van der Waals surface area contributed by atoms with Crippen molar-refractivity contribution >= 4 is 22.5 Å². The number of amides is 1. The topological polar surface area (TPSA) is 54.9 Å². The van der Waals surface area contributed by atoms with E-state index >= 15 is 0 Å². The van der Waals surface area contributed by atoms with Gasteiger partial charge in [-0.3, -0.25) is 14.8 Å². The third-order valence-electron chi connectivity index (χ3n) is 3.13. The summed E-state index contributed by atoms with van der Waals surface area (Å²) in [5.41, 5.74) is 2.26. The number of benzene rings is 1. The molecule has 0 aliphatic heterocycles. The lowest BCUT2D eigenvalue weighted by atomic mass is 10.1. The molecule has 3 rings (SSSR count). The predicted octanol–water partition coefficient (Wildman–Crippen LogP) is 3.33. The van der Waals surface area contributed by atoms with Crippen LogP contribution in [0.25, 0.3) is 10.9 Å². The molecular weight excluding hydrogens is 269 g/mol. The average molecular weight is 281 g/mol. The van der Waals surface area contributed by atoms with Crippen LogP contribution in [0.15, 0.2) is 48.8 Å². The molecule has 2 heterocycles. The van der Waals surface area contributed by atoms with Crippen LogP contribution in [0.5, 0.6) is 0 Å². The Morgan fingerprint density at radius 1 is 1.24 bits per heavy atom. The van der Waals surface area contributed by atoms with Crippen LogP contribution in [0.3, 0.4) is 0 Å². The second-order valence-electron chi connectivity index (χ2n) is 4.65. The summed E-state index contributed by atoms with van der Waals surface area (Å²) in [5.74, 6) is -0.647. The van der Waals surface area contributed by atoms with Gasteiger partial charge in [0.1, 0.15) is 5.82 Å². The first-order valence-corrected chi connectivity index (χ1v) is 6.42. The van der Waals surface area contributed by atoms with E-state index in [1.54, 1.807) is 43.6 Å². The van der Waals surface area contributed by atoms with Crippen molar-refractivity contribution in [3.8, 4) is 0 Å². The Hall–Kier alpha value is -2.82. The minimum atomic E-state index is -0.355.